The Morgan fingerprint density at radius 3 is 2.48 bits per heavy atom. The fourth-order valence-electron chi connectivity index (χ4n) is 2.85. The summed E-state index contributed by atoms with van der Waals surface area (Å²) in [6, 6.07) is 14.9. The van der Waals surface area contributed by atoms with E-state index >= 15 is 0 Å². The molecule has 27 heavy (non-hydrogen) atoms. The Hall–Kier alpha value is -2.99. The van der Waals surface area contributed by atoms with Crippen molar-refractivity contribution < 1.29 is 4.74 Å². The van der Waals surface area contributed by atoms with Crippen LogP contribution in [0.4, 0.5) is 0 Å². The average Bonchev–Trinajstić information content (AvgIpc) is 2.72. The minimum atomic E-state index is -0.160. The molecule has 1 heterocycles. The molecule has 0 saturated carbocycles. The van der Waals surface area contributed by atoms with Gasteiger partial charge in [-0.2, -0.15) is 9.78 Å². The Bertz CT molecular complexity index is 989. The molecule has 0 amide bonds. The zero-order chi connectivity index (χ0) is 19.2. The molecule has 0 N–H and O–H groups in total. The monoisotopic (exact) mass is 364 g/mol. The molecule has 3 rings (SSSR count). The van der Waals surface area contributed by atoms with Gasteiger partial charge in [0.05, 0.1) is 30.8 Å². The van der Waals surface area contributed by atoms with Gasteiger partial charge >= 0.3 is 0 Å². The summed E-state index contributed by atoms with van der Waals surface area (Å²) in [6.07, 6.45) is 1.67. The summed E-state index contributed by atoms with van der Waals surface area (Å²) in [4.78, 5) is 19.9. The van der Waals surface area contributed by atoms with E-state index in [1.807, 2.05) is 42.5 Å². The van der Waals surface area contributed by atoms with Gasteiger partial charge in [0.2, 0.25) is 0 Å². The van der Waals surface area contributed by atoms with Crippen LogP contribution in [0.25, 0.3) is 10.9 Å². The minimum Gasteiger partial charge on any atom is -0.497 e. The molecule has 0 spiro atoms. The molecule has 0 unspecified atom stereocenters. The number of ether oxygens (including phenoxy) is 1. The first kappa shape index (κ1) is 18.8. The van der Waals surface area contributed by atoms with Gasteiger partial charge in [0, 0.05) is 0 Å². The highest BCUT2D eigenvalue weighted by atomic mass is 16.5. The predicted octanol–water partition coefficient (Wildman–Crippen LogP) is 3.13. The maximum Gasteiger partial charge on any atom is 0.282 e. The lowest BCUT2D eigenvalue weighted by molar-refractivity contribution is 0.283. The summed E-state index contributed by atoms with van der Waals surface area (Å²) < 4.78 is 6.58. The molecule has 0 radical (unpaired) electrons. The molecule has 6 heteroatoms. The van der Waals surface area contributed by atoms with E-state index in [2.05, 4.69) is 23.8 Å². The summed E-state index contributed by atoms with van der Waals surface area (Å²) in [6.45, 7) is 6.50. The summed E-state index contributed by atoms with van der Waals surface area (Å²) >= 11 is 0. The van der Waals surface area contributed by atoms with Gasteiger partial charge in [0.1, 0.15) is 11.6 Å². The van der Waals surface area contributed by atoms with Crippen LogP contribution in [0.1, 0.15) is 25.2 Å². The third kappa shape index (κ3) is 4.23. The Kier molecular flexibility index (Phi) is 5.98. The highest BCUT2D eigenvalue weighted by molar-refractivity contribution is 5.80. The number of rotatable bonds is 7. The van der Waals surface area contributed by atoms with Gasteiger partial charge in [0.15, 0.2) is 0 Å². The number of para-hydroxylation sites is 1. The van der Waals surface area contributed by atoms with Crippen molar-refractivity contribution in [1.82, 2.24) is 14.6 Å². The van der Waals surface area contributed by atoms with Crippen molar-refractivity contribution in [2.75, 3.05) is 20.2 Å². The molecule has 0 bridgehead atoms. The Labute approximate surface area is 158 Å². The van der Waals surface area contributed by atoms with Crippen molar-refractivity contribution in [2.45, 2.75) is 20.4 Å². The number of benzene rings is 2. The second kappa shape index (κ2) is 8.60. The summed E-state index contributed by atoms with van der Waals surface area (Å²) in [7, 11) is 1.63. The van der Waals surface area contributed by atoms with Gasteiger partial charge in [-0.25, -0.2) is 4.98 Å². The molecular weight excluding hydrogens is 340 g/mol. The topological polar surface area (TPSA) is 59.7 Å². The molecule has 140 valence electrons. The minimum absolute atomic E-state index is 0.160. The number of aromatic nitrogens is 2. The van der Waals surface area contributed by atoms with Gasteiger partial charge in [-0.15, -0.1) is 0 Å². The van der Waals surface area contributed by atoms with Crippen LogP contribution >= 0.6 is 0 Å². The fraction of sp³-hybridized carbons (Fsp3) is 0.286. The largest absolute Gasteiger partial charge is 0.497 e. The van der Waals surface area contributed by atoms with Gasteiger partial charge in [-0.3, -0.25) is 9.69 Å². The SMILES string of the molecule is CCN(CC)Cc1nc2ccccc2c(=O)n1/N=C/c1ccc(OC)cc1. The smallest absolute Gasteiger partial charge is 0.282 e. The van der Waals surface area contributed by atoms with Crippen LogP contribution < -0.4 is 10.3 Å². The van der Waals surface area contributed by atoms with E-state index in [4.69, 9.17) is 9.72 Å². The highest BCUT2D eigenvalue weighted by Crippen LogP contribution is 2.12. The summed E-state index contributed by atoms with van der Waals surface area (Å²) in [5.74, 6) is 1.41. The maximum absolute atomic E-state index is 13.0. The van der Waals surface area contributed by atoms with Gasteiger partial charge in [0.25, 0.3) is 5.56 Å². The molecule has 0 fully saturated rings. The third-order valence-electron chi connectivity index (χ3n) is 4.52. The lowest BCUT2D eigenvalue weighted by atomic mass is 10.2. The number of methoxy groups -OCH3 is 1. The van der Waals surface area contributed by atoms with Crippen LogP contribution in [-0.2, 0) is 6.54 Å². The second-order valence-corrected chi connectivity index (χ2v) is 6.14. The van der Waals surface area contributed by atoms with Crippen LogP contribution in [0.3, 0.4) is 0 Å². The standard InChI is InChI=1S/C21H24N4O2/c1-4-24(5-2)15-20-23-19-9-7-6-8-18(19)21(26)25(20)22-14-16-10-12-17(27-3)13-11-16/h6-14H,4-5,15H2,1-3H3/b22-14+. The lowest BCUT2D eigenvalue weighted by Gasteiger charge is -2.19. The Morgan fingerprint density at radius 1 is 1.11 bits per heavy atom. The van der Waals surface area contributed by atoms with Crippen molar-refractivity contribution in [3.05, 3.63) is 70.3 Å². The van der Waals surface area contributed by atoms with Crippen molar-refractivity contribution in [1.29, 1.82) is 0 Å². The predicted molar refractivity (Wildman–Crippen MR) is 109 cm³/mol. The summed E-state index contributed by atoms with van der Waals surface area (Å²) in [5.41, 5.74) is 1.41. The van der Waals surface area contributed by atoms with E-state index < -0.39 is 0 Å². The first-order valence-corrected chi connectivity index (χ1v) is 9.07. The zero-order valence-electron chi connectivity index (χ0n) is 15.9. The number of hydrogen-bond donors (Lipinski definition) is 0. The van der Waals surface area contributed by atoms with E-state index in [0.29, 0.717) is 23.3 Å². The Balaban J connectivity index is 2.06. The highest BCUT2D eigenvalue weighted by Gasteiger charge is 2.12. The van der Waals surface area contributed by atoms with Crippen LogP contribution in [0.5, 0.6) is 5.75 Å². The Morgan fingerprint density at radius 2 is 1.81 bits per heavy atom. The van der Waals surface area contributed by atoms with Crippen molar-refractivity contribution in [3.8, 4) is 5.75 Å². The summed E-state index contributed by atoms with van der Waals surface area (Å²) in [5, 5.41) is 5.02. The molecule has 2 aromatic carbocycles. The van der Waals surface area contributed by atoms with Crippen LogP contribution in [0.15, 0.2) is 58.4 Å². The van der Waals surface area contributed by atoms with Crippen LogP contribution in [0, 0.1) is 0 Å². The molecule has 0 saturated heterocycles. The maximum atomic E-state index is 13.0. The van der Waals surface area contributed by atoms with Gasteiger partial charge < -0.3 is 4.74 Å². The molecule has 0 aliphatic carbocycles. The lowest BCUT2D eigenvalue weighted by Crippen LogP contribution is -2.29. The van der Waals surface area contributed by atoms with Crippen molar-refractivity contribution in [3.63, 3.8) is 0 Å². The van der Waals surface area contributed by atoms with Gasteiger partial charge in [-0.05, 0) is 55.1 Å². The first-order chi connectivity index (χ1) is 13.2. The van der Waals surface area contributed by atoms with E-state index in [9.17, 15) is 4.79 Å². The molecule has 0 aliphatic heterocycles. The quantitative estimate of drug-likeness (QED) is 0.605. The fourth-order valence-corrected chi connectivity index (χ4v) is 2.85. The van der Waals surface area contributed by atoms with Crippen molar-refractivity contribution in [2.24, 2.45) is 5.10 Å². The second-order valence-electron chi connectivity index (χ2n) is 6.14. The van der Waals surface area contributed by atoms with Crippen LogP contribution in [-0.4, -0.2) is 41.0 Å². The van der Waals surface area contributed by atoms with E-state index in [-0.39, 0.29) is 5.56 Å². The third-order valence-corrected chi connectivity index (χ3v) is 4.52. The molecular formula is C21H24N4O2. The molecule has 1 aromatic heterocycles. The molecule has 6 nitrogen and oxygen atoms in total. The molecule has 0 aliphatic rings. The van der Waals surface area contributed by atoms with Gasteiger partial charge in [-0.1, -0.05) is 26.0 Å². The molecule has 3 aromatic rings. The average molecular weight is 364 g/mol. The van der Waals surface area contributed by atoms with E-state index in [0.717, 1.165) is 24.4 Å². The number of fused-ring (bicyclic) bond motifs is 1. The molecule has 0 atom stereocenters. The normalized spacial score (nSPS) is 11.6. The van der Waals surface area contributed by atoms with Crippen molar-refractivity contribution >= 4 is 17.1 Å². The van der Waals surface area contributed by atoms with E-state index in [1.54, 1.807) is 19.4 Å². The van der Waals surface area contributed by atoms with E-state index in [1.165, 1.54) is 4.68 Å². The zero-order valence-corrected chi connectivity index (χ0v) is 15.9. The number of nitrogens with zero attached hydrogens (tertiary/aromatic N) is 4. The number of hydrogen-bond acceptors (Lipinski definition) is 5. The van der Waals surface area contributed by atoms with Crippen LogP contribution in [0.2, 0.25) is 0 Å². The first-order valence-electron chi connectivity index (χ1n) is 9.07.